The van der Waals surface area contributed by atoms with Crippen LogP contribution in [0.2, 0.25) is 0 Å². The van der Waals surface area contributed by atoms with Gasteiger partial charge < -0.3 is 10.6 Å². The summed E-state index contributed by atoms with van der Waals surface area (Å²) in [6.07, 6.45) is 7.42. The molecule has 0 aliphatic heterocycles. The van der Waals surface area contributed by atoms with Crippen LogP contribution in [0.4, 0.5) is 0 Å². The lowest BCUT2D eigenvalue weighted by Gasteiger charge is -2.06. The van der Waals surface area contributed by atoms with Crippen molar-refractivity contribution in [3.05, 3.63) is 71.8 Å². The van der Waals surface area contributed by atoms with Crippen molar-refractivity contribution in [2.75, 3.05) is 0 Å². The fraction of sp³-hybridized carbons (Fsp3) is 0.417. The quantitative estimate of drug-likeness (QED) is 0.493. The zero-order valence-corrected chi connectivity index (χ0v) is 16.7. The van der Waals surface area contributed by atoms with Gasteiger partial charge in [0, 0.05) is 25.9 Å². The molecule has 2 amide bonds. The molecule has 0 aromatic heterocycles. The smallest absolute Gasteiger partial charge is 0.220 e. The maximum Gasteiger partial charge on any atom is 0.220 e. The van der Waals surface area contributed by atoms with E-state index in [0.29, 0.717) is 25.9 Å². The number of carbonyl (C=O) groups excluding carboxylic acids is 2. The second-order valence-corrected chi connectivity index (χ2v) is 7.15. The van der Waals surface area contributed by atoms with E-state index in [1.54, 1.807) is 0 Å². The normalized spacial score (nSPS) is 10.4. The molecule has 2 N–H and O–H groups in total. The molecule has 150 valence electrons. The van der Waals surface area contributed by atoms with E-state index in [1.807, 2.05) is 60.7 Å². The Balaban J connectivity index is 1.39. The summed E-state index contributed by atoms with van der Waals surface area (Å²) in [4.78, 5) is 23.7. The van der Waals surface area contributed by atoms with E-state index in [4.69, 9.17) is 0 Å². The summed E-state index contributed by atoms with van der Waals surface area (Å²) in [5.74, 6) is 0.248. The van der Waals surface area contributed by atoms with Gasteiger partial charge in [0.2, 0.25) is 11.8 Å². The summed E-state index contributed by atoms with van der Waals surface area (Å²) in [6.45, 7) is 1.21. The zero-order valence-electron chi connectivity index (χ0n) is 16.7. The van der Waals surface area contributed by atoms with Gasteiger partial charge in [0.25, 0.3) is 0 Å². The predicted molar refractivity (Wildman–Crippen MR) is 114 cm³/mol. The molecule has 0 bridgehead atoms. The highest BCUT2D eigenvalue weighted by molar-refractivity contribution is 5.76. The third kappa shape index (κ3) is 9.91. The molecule has 0 aliphatic carbocycles. The third-order valence-electron chi connectivity index (χ3n) is 4.72. The molecule has 0 fully saturated rings. The average molecular weight is 381 g/mol. The number of unbranched alkanes of at least 4 members (excludes halogenated alkanes) is 5. The van der Waals surface area contributed by atoms with Gasteiger partial charge >= 0.3 is 0 Å². The Morgan fingerprint density at radius 2 is 0.893 bits per heavy atom. The number of amides is 2. The fourth-order valence-electron chi connectivity index (χ4n) is 3.05. The van der Waals surface area contributed by atoms with Crippen LogP contribution in [0.3, 0.4) is 0 Å². The lowest BCUT2D eigenvalue weighted by Crippen LogP contribution is -2.22. The van der Waals surface area contributed by atoms with Gasteiger partial charge in [-0.15, -0.1) is 0 Å². The van der Waals surface area contributed by atoms with Gasteiger partial charge in [-0.05, 0) is 24.0 Å². The molecule has 0 unspecified atom stereocenters. The first kappa shape index (κ1) is 21.7. The minimum Gasteiger partial charge on any atom is -0.352 e. The Kier molecular flexibility index (Phi) is 10.5. The Morgan fingerprint density at radius 1 is 0.536 bits per heavy atom. The molecule has 0 radical (unpaired) electrons. The molecular weight excluding hydrogens is 348 g/mol. The molecule has 0 saturated carbocycles. The molecule has 4 nitrogen and oxygen atoms in total. The van der Waals surface area contributed by atoms with Gasteiger partial charge in [-0.2, -0.15) is 0 Å². The summed E-state index contributed by atoms with van der Waals surface area (Å²) in [5.41, 5.74) is 2.26. The van der Waals surface area contributed by atoms with Gasteiger partial charge in [-0.25, -0.2) is 0 Å². The van der Waals surface area contributed by atoms with Crippen LogP contribution < -0.4 is 10.6 Å². The summed E-state index contributed by atoms with van der Waals surface area (Å²) in [7, 11) is 0. The van der Waals surface area contributed by atoms with Crippen LogP contribution in [-0.4, -0.2) is 11.8 Å². The number of hydrogen-bond acceptors (Lipinski definition) is 2. The van der Waals surface area contributed by atoms with E-state index >= 15 is 0 Å². The van der Waals surface area contributed by atoms with Crippen molar-refractivity contribution in [3.63, 3.8) is 0 Å². The number of rotatable bonds is 13. The van der Waals surface area contributed by atoms with Crippen molar-refractivity contribution in [3.8, 4) is 0 Å². The van der Waals surface area contributed by atoms with Crippen molar-refractivity contribution in [1.82, 2.24) is 10.6 Å². The van der Waals surface area contributed by atoms with Crippen molar-refractivity contribution < 1.29 is 9.59 Å². The van der Waals surface area contributed by atoms with E-state index in [0.717, 1.165) is 49.7 Å². The topological polar surface area (TPSA) is 58.2 Å². The fourth-order valence-corrected chi connectivity index (χ4v) is 3.05. The lowest BCUT2D eigenvalue weighted by molar-refractivity contribution is -0.122. The predicted octanol–water partition coefficient (Wildman–Crippen LogP) is 4.74. The first-order valence-corrected chi connectivity index (χ1v) is 10.4. The lowest BCUT2D eigenvalue weighted by atomic mass is 10.1. The highest BCUT2D eigenvalue weighted by Crippen LogP contribution is 2.09. The van der Waals surface area contributed by atoms with Crippen LogP contribution >= 0.6 is 0 Å². The van der Waals surface area contributed by atoms with Crippen LogP contribution in [0.25, 0.3) is 0 Å². The molecule has 2 aromatic carbocycles. The molecular formula is C24H32N2O2. The number of carbonyl (C=O) groups is 2. The summed E-state index contributed by atoms with van der Waals surface area (Å²) in [6, 6.07) is 19.9. The van der Waals surface area contributed by atoms with Crippen molar-refractivity contribution >= 4 is 11.8 Å². The molecule has 0 atom stereocenters. The zero-order chi connectivity index (χ0) is 19.9. The van der Waals surface area contributed by atoms with E-state index in [2.05, 4.69) is 10.6 Å². The van der Waals surface area contributed by atoms with Gasteiger partial charge in [-0.1, -0.05) is 86.3 Å². The van der Waals surface area contributed by atoms with E-state index in [9.17, 15) is 9.59 Å². The van der Waals surface area contributed by atoms with Gasteiger partial charge in [0.05, 0.1) is 0 Å². The summed E-state index contributed by atoms with van der Waals surface area (Å²) >= 11 is 0. The number of benzene rings is 2. The van der Waals surface area contributed by atoms with E-state index in [1.165, 1.54) is 0 Å². The minimum atomic E-state index is 0.124. The monoisotopic (exact) mass is 380 g/mol. The van der Waals surface area contributed by atoms with Gasteiger partial charge in [0.1, 0.15) is 0 Å². The molecule has 4 heteroatoms. The van der Waals surface area contributed by atoms with Crippen LogP contribution in [0, 0.1) is 0 Å². The highest BCUT2D eigenvalue weighted by Gasteiger charge is 2.03. The maximum absolute atomic E-state index is 11.8. The molecule has 2 aromatic rings. The maximum atomic E-state index is 11.8. The second kappa shape index (κ2) is 13.5. The van der Waals surface area contributed by atoms with Crippen molar-refractivity contribution in [1.29, 1.82) is 0 Å². The molecule has 0 aliphatic rings. The summed E-state index contributed by atoms with van der Waals surface area (Å²) in [5, 5.41) is 5.93. The van der Waals surface area contributed by atoms with Crippen LogP contribution in [-0.2, 0) is 22.7 Å². The molecule has 0 heterocycles. The first-order chi connectivity index (χ1) is 13.7. The largest absolute Gasteiger partial charge is 0.352 e. The average Bonchev–Trinajstić information content (AvgIpc) is 2.74. The molecule has 0 spiro atoms. The van der Waals surface area contributed by atoms with Crippen molar-refractivity contribution in [2.45, 2.75) is 64.5 Å². The van der Waals surface area contributed by atoms with Crippen LogP contribution in [0.1, 0.15) is 62.5 Å². The Labute approximate surface area is 168 Å². The SMILES string of the molecule is O=C(CCCCCCCCC(=O)NCc1ccccc1)NCc1ccccc1. The Bertz CT molecular complexity index is 625. The molecule has 28 heavy (non-hydrogen) atoms. The third-order valence-corrected chi connectivity index (χ3v) is 4.72. The highest BCUT2D eigenvalue weighted by atomic mass is 16.2. The number of nitrogens with one attached hydrogen (secondary N) is 2. The van der Waals surface area contributed by atoms with Crippen molar-refractivity contribution in [2.24, 2.45) is 0 Å². The molecule has 2 rings (SSSR count). The van der Waals surface area contributed by atoms with Gasteiger partial charge in [0.15, 0.2) is 0 Å². The van der Waals surface area contributed by atoms with Gasteiger partial charge in [-0.3, -0.25) is 9.59 Å². The standard InChI is InChI=1S/C24H32N2O2/c27-23(25-19-21-13-7-5-8-14-21)17-11-3-1-2-4-12-18-24(28)26-20-22-15-9-6-10-16-22/h5-10,13-16H,1-4,11-12,17-20H2,(H,25,27)(H,26,28). The second-order valence-electron chi connectivity index (χ2n) is 7.15. The summed E-state index contributed by atoms with van der Waals surface area (Å²) < 4.78 is 0. The minimum absolute atomic E-state index is 0.124. The number of hydrogen-bond donors (Lipinski definition) is 2. The Morgan fingerprint density at radius 3 is 1.29 bits per heavy atom. The van der Waals surface area contributed by atoms with E-state index in [-0.39, 0.29) is 11.8 Å². The first-order valence-electron chi connectivity index (χ1n) is 10.4. The van der Waals surface area contributed by atoms with Crippen LogP contribution in [0.5, 0.6) is 0 Å². The van der Waals surface area contributed by atoms with E-state index < -0.39 is 0 Å². The Hall–Kier alpha value is -2.62. The molecule has 0 saturated heterocycles. The van der Waals surface area contributed by atoms with Crippen LogP contribution in [0.15, 0.2) is 60.7 Å².